The van der Waals surface area contributed by atoms with Gasteiger partial charge in [-0.1, -0.05) is 109 Å². The first-order valence-corrected chi connectivity index (χ1v) is 15.0. The number of furan rings is 1. The van der Waals surface area contributed by atoms with Crippen molar-refractivity contribution in [3.8, 4) is 11.1 Å². The van der Waals surface area contributed by atoms with Crippen molar-refractivity contribution in [3.63, 3.8) is 0 Å². The second kappa shape index (κ2) is 9.92. The van der Waals surface area contributed by atoms with Gasteiger partial charge in [0.25, 0.3) is 0 Å². The molecule has 0 aliphatic carbocycles. The Labute approximate surface area is 254 Å². The standard InChI is InChI=1S/C40H27N3O/c1-3-11-26(12-4-1)34-25-35(27-13-5-2-6-14-27)42-40(41-34)43-36-17-9-7-15-30(36)32-23-28(19-21-37(32)43)29-20-22-39-33(24-29)31-16-8-10-18-38(31)44-39/h1-24,34H,25H2. The van der Waals surface area contributed by atoms with E-state index in [-0.39, 0.29) is 6.04 Å². The van der Waals surface area contributed by atoms with E-state index in [0.717, 1.165) is 61.8 Å². The van der Waals surface area contributed by atoms with E-state index in [4.69, 9.17) is 14.4 Å². The number of para-hydroxylation sites is 2. The van der Waals surface area contributed by atoms with Gasteiger partial charge in [-0.05, 0) is 58.7 Å². The van der Waals surface area contributed by atoms with Crippen LogP contribution in [0, 0.1) is 0 Å². The van der Waals surface area contributed by atoms with Crippen LogP contribution in [0.15, 0.2) is 160 Å². The van der Waals surface area contributed by atoms with Crippen LogP contribution < -0.4 is 0 Å². The molecule has 0 bridgehead atoms. The molecule has 1 aliphatic heterocycles. The molecule has 4 heteroatoms. The Morgan fingerprint density at radius 3 is 2.00 bits per heavy atom. The van der Waals surface area contributed by atoms with Crippen molar-refractivity contribution in [2.24, 2.45) is 9.98 Å². The van der Waals surface area contributed by atoms with Crippen LogP contribution in [0.5, 0.6) is 0 Å². The summed E-state index contributed by atoms with van der Waals surface area (Å²) >= 11 is 0. The molecule has 9 rings (SSSR count). The Kier molecular flexibility index (Phi) is 5.60. The topological polar surface area (TPSA) is 42.8 Å². The van der Waals surface area contributed by atoms with Gasteiger partial charge in [-0.2, -0.15) is 0 Å². The number of fused-ring (bicyclic) bond motifs is 6. The lowest BCUT2D eigenvalue weighted by Crippen LogP contribution is -2.21. The Bertz CT molecular complexity index is 2410. The fraction of sp³-hybridized carbons (Fsp3) is 0.0500. The Balaban J connectivity index is 1.24. The first kappa shape index (κ1) is 24.8. The smallest absolute Gasteiger partial charge is 0.230 e. The molecule has 1 atom stereocenters. The number of hydrogen-bond donors (Lipinski definition) is 0. The molecule has 0 saturated carbocycles. The van der Waals surface area contributed by atoms with Crippen LogP contribution in [-0.4, -0.2) is 16.2 Å². The molecule has 4 nitrogen and oxygen atoms in total. The summed E-state index contributed by atoms with van der Waals surface area (Å²) in [4.78, 5) is 10.5. The van der Waals surface area contributed by atoms with Crippen molar-refractivity contribution in [2.45, 2.75) is 12.5 Å². The highest BCUT2D eigenvalue weighted by molar-refractivity contribution is 6.18. The van der Waals surface area contributed by atoms with E-state index in [1.165, 1.54) is 16.3 Å². The summed E-state index contributed by atoms with van der Waals surface area (Å²) in [6.45, 7) is 0. The number of aliphatic imine (C=N–C) groups is 2. The number of benzene rings is 6. The zero-order valence-electron chi connectivity index (χ0n) is 23.9. The SMILES string of the molecule is c1ccc(C2=NC(n3c4ccccc4c4cc(-c5ccc6oc7ccccc7c6c5)ccc43)=NC(c3ccccc3)C2)cc1. The molecule has 0 saturated heterocycles. The maximum absolute atomic E-state index is 6.09. The second-order valence-electron chi connectivity index (χ2n) is 11.4. The van der Waals surface area contributed by atoms with Gasteiger partial charge in [-0.25, -0.2) is 9.98 Å². The fourth-order valence-electron chi connectivity index (χ4n) is 6.63. The third kappa shape index (κ3) is 3.99. The molecule has 0 fully saturated rings. The van der Waals surface area contributed by atoms with Crippen LogP contribution in [0.2, 0.25) is 0 Å². The highest BCUT2D eigenvalue weighted by Crippen LogP contribution is 2.37. The number of aromatic nitrogens is 1. The summed E-state index contributed by atoms with van der Waals surface area (Å²) in [5.41, 5.74) is 9.70. The largest absolute Gasteiger partial charge is 0.456 e. The minimum Gasteiger partial charge on any atom is -0.456 e. The van der Waals surface area contributed by atoms with Crippen molar-refractivity contribution in [3.05, 3.63) is 157 Å². The van der Waals surface area contributed by atoms with Gasteiger partial charge in [-0.15, -0.1) is 0 Å². The van der Waals surface area contributed by atoms with Gasteiger partial charge in [0, 0.05) is 28.0 Å². The van der Waals surface area contributed by atoms with Crippen molar-refractivity contribution in [2.75, 3.05) is 0 Å². The van der Waals surface area contributed by atoms with E-state index in [2.05, 4.69) is 132 Å². The summed E-state index contributed by atoms with van der Waals surface area (Å²) in [7, 11) is 0. The van der Waals surface area contributed by atoms with Gasteiger partial charge >= 0.3 is 0 Å². The lowest BCUT2D eigenvalue weighted by atomic mass is 9.97. The Morgan fingerprint density at radius 1 is 0.523 bits per heavy atom. The van der Waals surface area contributed by atoms with E-state index >= 15 is 0 Å². The molecular weight excluding hydrogens is 538 g/mol. The molecule has 3 heterocycles. The van der Waals surface area contributed by atoms with Crippen molar-refractivity contribution < 1.29 is 4.42 Å². The number of rotatable bonds is 3. The molecule has 8 aromatic rings. The van der Waals surface area contributed by atoms with Crippen molar-refractivity contribution in [1.29, 1.82) is 0 Å². The minimum absolute atomic E-state index is 0.0223. The number of hydrogen-bond acceptors (Lipinski definition) is 3. The molecule has 1 aliphatic rings. The summed E-state index contributed by atoms with van der Waals surface area (Å²) in [6, 6.07) is 51.0. The lowest BCUT2D eigenvalue weighted by molar-refractivity contribution is 0.669. The van der Waals surface area contributed by atoms with E-state index in [0.29, 0.717) is 5.96 Å². The predicted octanol–water partition coefficient (Wildman–Crippen LogP) is 10.2. The van der Waals surface area contributed by atoms with Crippen LogP contribution in [0.25, 0.3) is 54.9 Å². The zero-order valence-corrected chi connectivity index (χ0v) is 23.9. The van der Waals surface area contributed by atoms with Gasteiger partial charge in [-0.3, -0.25) is 4.57 Å². The zero-order chi connectivity index (χ0) is 29.0. The molecule has 0 amide bonds. The van der Waals surface area contributed by atoms with E-state index in [1.54, 1.807) is 0 Å². The predicted molar refractivity (Wildman–Crippen MR) is 182 cm³/mol. The third-order valence-corrected chi connectivity index (χ3v) is 8.77. The minimum atomic E-state index is -0.0223. The fourth-order valence-corrected chi connectivity index (χ4v) is 6.63. The van der Waals surface area contributed by atoms with Crippen molar-refractivity contribution >= 4 is 55.4 Å². The maximum atomic E-state index is 6.09. The highest BCUT2D eigenvalue weighted by Gasteiger charge is 2.24. The van der Waals surface area contributed by atoms with Crippen LogP contribution in [0.4, 0.5) is 0 Å². The van der Waals surface area contributed by atoms with Crippen LogP contribution >= 0.6 is 0 Å². The van der Waals surface area contributed by atoms with E-state index < -0.39 is 0 Å². The molecule has 0 radical (unpaired) electrons. The monoisotopic (exact) mass is 565 g/mol. The summed E-state index contributed by atoms with van der Waals surface area (Å²) in [6.07, 6.45) is 0.754. The molecule has 44 heavy (non-hydrogen) atoms. The molecule has 1 unspecified atom stereocenters. The van der Waals surface area contributed by atoms with Crippen LogP contribution in [-0.2, 0) is 0 Å². The Hall–Kier alpha value is -5.74. The van der Waals surface area contributed by atoms with Crippen molar-refractivity contribution in [1.82, 2.24) is 4.57 Å². The number of nitrogens with zero attached hydrogens (tertiary/aromatic N) is 3. The molecular formula is C40H27N3O. The summed E-state index contributed by atoms with van der Waals surface area (Å²) in [5.74, 6) is 0.717. The average Bonchev–Trinajstić information content (AvgIpc) is 3.64. The first-order valence-electron chi connectivity index (χ1n) is 15.0. The third-order valence-electron chi connectivity index (χ3n) is 8.77. The van der Waals surface area contributed by atoms with Gasteiger partial charge in [0.2, 0.25) is 5.96 Å². The van der Waals surface area contributed by atoms with Gasteiger partial charge in [0.15, 0.2) is 0 Å². The van der Waals surface area contributed by atoms with Crippen LogP contribution in [0.1, 0.15) is 23.6 Å². The maximum Gasteiger partial charge on any atom is 0.230 e. The molecule has 0 spiro atoms. The highest BCUT2D eigenvalue weighted by atomic mass is 16.3. The summed E-state index contributed by atoms with van der Waals surface area (Å²) < 4.78 is 8.33. The average molecular weight is 566 g/mol. The van der Waals surface area contributed by atoms with E-state index in [9.17, 15) is 0 Å². The lowest BCUT2D eigenvalue weighted by Gasteiger charge is -2.22. The first-order chi connectivity index (χ1) is 21.8. The second-order valence-corrected chi connectivity index (χ2v) is 11.4. The normalized spacial score (nSPS) is 15.2. The molecule has 6 aromatic carbocycles. The van der Waals surface area contributed by atoms with Crippen LogP contribution in [0.3, 0.4) is 0 Å². The quantitative estimate of drug-likeness (QED) is 0.210. The van der Waals surface area contributed by atoms with Gasteiger partial charge < -0.3 is 4.42 Å². The molecule has 208 valence electrons. The van der Waals surface area contributed by atoms with Gasteiger partial charge in [0.05, 0.1) is 22.8 Å². The molecule has 2 aromatic heterocycles. The van der Waals surface area contributed by atoms with Gasteiger partial charge in [0.1, 0.15) is 11.2 Å². The summed E-state index contributed by atoms with van der Waals surface area (Å²) in [5, 5.41) is 4.63. The van der Waals surface area contributed by atoms with E-state index in [1.807, 2.05) is 18.2 Å². The Morgan fingerprint density at radius 2 is 1.16 bits per heavy atom. The molecule has 0 N–H and O–H groups in total.